The number of esters is 1. The van der Waals surface area contributed by atoms with Crippen LogP contribution in [0.4, 0.5) is 0 Å². The zero-order chi connectivity index (χ0) is 16.5. The molecular formula is C16H20ClN2O3+. The maximum absolute atomic E-state index is 11.5. The molecule has 1 aromatic rings. The lowest BCUT2D eigenvalue weighted by molar-refractivity contribution is -0.136. The lowest BCUT2D eigenvalue weighted by Crippen LogP contribution is -2.13. The first-order valence-corrected chi connectivity index (χ1v) is 7.52. The molecule has 22 heavy (non-hydrogen) atoms. The second kappa shape index (κ2) is 9.06. The van der Waals surface area contributed by atoms with Crippen LogP contribution >= 0.6 is 11.6 Å². The van der Waals surface area contributed by atoms with E-state index in [0.717, 1.165) is 12.0 Å². The Hall–Kier alpha value is -2.06. The molecule has 1 rings (SSSR count). The lowest BCUT2D eigenvalue weighted by Gasteiger charge is -2.13. The highest BCUT2D eigenvalue weighted by atomic mass is 35.5. The highest BCUT2D eigenvalue weighted by Crippen LogP contribution is 2.25. The Morgan fingerprint density at radius 1 is 1.36 bits per heavy atom. The van der Waals surface area contributed by atoms with Crippen LogP contribution in [-0.2, 0) is 16.0 Å². The molecule has 0 amide bonds. The van der Waals surface area contributed by atoms with Crippen LogP contribution in [0.1, 0.15) is 31.7 Å². The number of halogens is 1. The highest BCUT2D eigenvalue weighted by molar-refractivity contribution is 6.30. The average molecular weight is 324 g/mol. The van der Waals surface area contributed by atoms with E-state index in [1.165, 1.54) is 7.11 Å². The zero-order valence-corrected chi connectivity index (χ0v) is 13.5. The maximum atomic E-state index is 11.5. The van der Waals surface area contributed by atoms with Crippen molar-refractivity contribution in [3.8, 4) is 0 Å². The second-order valence-electron chi connectivity index (χ2n) is 4.98. The van der Waals surface area contributed by atoms with Gasteiger partial charge in [0, 0.05) is 10.9 Å². The van der Waals surface area contributed by atoms with Crippen LogP contribution in [0.3, 0.4) is 0 Å². The van der Waals surface area contributed by atoms with Crippen molar-refractivity contribution in [3.63, 3.8) is 0 Å². The normalized spacial score (nSPS) is 13.0. The predicted molar refractivity (Wildman–Crippen MR) is 84.9 cm³/mol. The van der Waals surface area contributed by atoms with Crippen LogP contribution < -0.4 is 0 Å². The summed E-state index contributed by atoms with van der Waals surface area (Å²) in [6.45, 7) is 1.98. The molecule has 118 valence electrons. The molecule has 0 aliphatic carbocycles. The van der Waals surface area contributed by atoms with Crippen molar-refractivity contribution in [1.29, 1.82) is 5.39 Å². The van der Waals surface area contributed by atoms with E-state index in [1.54, 1.807) is 0 Å². The van der Waals surface area contributed by atoms with E-state index in [2.05, 4.69) is 9.71 Å². The standard InChI is InChI=1S/C16H19ClN2O3/c1-3-4-12(15(20)14(19-18)16(21)22-2)8-5-11-6-9-13(17)10-7-11/h6-7,9-10,12H,3-5,8H2,1-2H3/p+1. The summed E-state index contributed by atoms with van der Waals surface area (Å²) in [5, 5.41) is 19.8. The Morgan fingerprint density at radius 2 is 2.00 bits per heavy atom. The van der Waals surface area contributed by atoms with Crippen LogP contribution in [0.2, 0.25) is 5.02 Å². The first kappa shape index (κ1) is 18.0. The van der Waals surface area contributed by atoms with Crippen LogP contribution in [-0.4, -0.2) is 18.2 Å². The molecule has 1 unspecified atom stereocenters. The summed E-state index contributed by atoms with van der Waals surface area (Å²) in [6.07, 6.45) is 2.84. The molecule has 5 nitrogen and oxygen atoms in total. The van der Waals surface area contributed by atoms with Crippen molar-refractivity contribution >= 4 is 17.6 Å². The number of carbonyl (C=O) groups excluding carboxylic acids is 1. The Bertz CT molecular complexity index is 576. The number of aliphatic hydroxyl groups is 1. The maximum Gasteiger partial charge on any atom is 0.505 e. The number of aliphatic hydroxyl groups excluding tert-OH is 1. The van der Waals surface area contributed by atoms with Gasteiger partial charge in [-0.05, 0) is 37.0 Å². The molecule has 0 saturated heterocycles. The number of nitrogens with zero attached hydrogens (tertiary/aromatic N) is 2. The number of benzene rings is 1. The minimum Gasteiger partial charge on any atom is -0.505 e. The van der Waals surface area contributed by atoms with Gasteiger partial charge < -0.3 is 9.84 Å². The van der Waals surface area contributed by atoms with E-state index >= 15 is 0 Å². The van der Waals surface area contributed by atoms with E-state index in [9.17, 15) is 9.90 Å². The quantitative estimate of drug-likeness (QED) is 0.347. The number of hydrogen-bond donors (Lipinski definition) is 1. The van der Waals surface area contributed by atoms with Gasteiger partial charge in [-0.3, -0.25) is 0 Å². The lowest BCUT2D eigenvalue weighted by atomic mass is 9.92. The SMILES string of the molecule is CCCC(CCc1ccc(Cl)cc1)/C(O)=C(\[N+]#N)C(=O)OC. The molecule has 6 heteroatoms. The summed E-state index contributed by atoms with van der Waals surface area (Å²) in [6, 6.07) is 7.46. The van der Waals surface area contributed by atoms with Gasteiger partial charge in [0.25, 0.3) is 0 Å². The van der Waals surface area contributed by atoms with Crippen molar-refractivity contribution in [2.75, 3.05) is 7.11 Å². The smallest absolute Gasteiger partial charge is 0.505 e. The Balaban J connectivity index is 2.88. The molecule has 0 spiro atoms. The average Bonchev–Trinajstić information content (AvgIpc) is 2.53. The Labute approximate surface area is 135 Å². The third-order valence-electron chi connectivity index (χ3n) is 3.44. The van der Waals surface area contributed by atoms with Gasteiger partial charge in [-0.1, -0.05) is 37.1 Å². The summed E-state index contributed by atoms with van der Waals surface area (Å²) in [7, 11) is 1.17. The fraction of sp³-hybridized carbons (Fsp3) is 0.438. The van der Waals surface area contributed by atoms with Crippen LogP contribution in [0.15, 0.2) is 35.7 Å². The number of allylic oxidation sites excluding steroid dienone is 1. The van der Waals surface area contributed by atoms with Crippen LogP contribution in [0.25, 0.3) is 4.98 Å². The molecule has 0 fully saturated rings. The van der Waals surface area contributed by atoms with Crippen molar-refractivity contribution in [1.82, 2.24) is 0 Å². The Kier molecular flexibility index (Phi) is 7.41. The van der Waals surface area contributed by atoms with Crippen molar-refractivity contribution in [2.24, 2.45) is 5.92 Å². The van der Waals surface area contributed by atoms with E-state index in [4.69, 9.17) is 17.0 Å². The number of diazo groups is 1. The molecule has 0 radical (unpaired) electrons. The summed E-state index contributed by atoms with van der Waals surface area (Å²) >= 11 is 5.85. The van der Waals surface area contributed by atoms with E-state index < -0.39 is 11.7 Å². The van der Waals surface area contributed by atoms with Gasteiger partial charge in [-0.15, -0.1) is 0 Å². The number of ether oxygens (including phenoxy) is 1. The van der Waals surface area contributed by atoms with Crippen molar-refractivity contribution in [2.45, 2.75) is 32.6 Å². The topological polar surface area (TPSA) is 74.7 Å². The van der Waals surface area contributed by atoms with Crippen molar-refractivity contribution in [3.05, 3.63) is 51.3 Å². The number of methoxy groups -OCH3 is 1. The minimum atomic E-state index is -0.854. The molecule has 0 aliphatic rings. The third-order valence-corrected chi connectivity index (χ3v) is 3.69. The summed E-state index contributed by atoms with van der Waals surface area (Å²) < 4.78 is 4.50. The third kappa shape index (κ3) is 5.05. The predicted octanol–water partition coefficient (Wildman–Crippen LogP) is 4.48. The molecule has 0 aliphatic heterocycles. The molecule has 1 N–H and O–H groups in total. The van der Waals surface area contributed by atoms with Gasteiger partial charge in [-0.2, -0.15) is 0 Å². The first-order chi connectivity index (χ1) is 10.5. The van der Waals surface area contributed by atoms with Gasteiger partial charge in [-0.25, -0.2) is 4.79 Å². The Morgan fingerprint density at radius 3 is 2.50 bits per heavy atom. The fourth-order valence-electron chi connectivity index (χ4n) is 2.24. The summed E-state index contributed by atoms with van der Waals surface area (Å²) in [5.74, 6) is -1.36. The molecule has 1 atom stereocenters. The number of hydrogen-bond acceptors (Lipinski definition) is 4. The minimum absolute atomic E-state index is 0.231. The van der Waals surface area contributed by atoms with Gasteiger partial charge >= 0.3 is 11.7 Å². The molecule has 0 aromatic heterocycles. The van der Waals surface area contributed by atoms with Crippen LogP contribution in [0.5, 0.6) is 0 Å². The van der Waals surface area contributed by atoms with Gasteiger partial charge in [0.1, 0.15) is 0 Å². The number of rotatable bonds is 7. The summed E-state index contributed by atoms with van der Waals surface area (Å²) in [5.41, 5.74) is 0.649. The van der Waals surface area contributed by atoms with Crippen molar-refractivity contribution < 1.29 is 14.6 Å². The second-order valence-corrected chi connectivity index (χ2v) is 5.41. The largest absolute Gasteiger partial charge is 0.505 e. The van der Waals surface area contributed by atoms with E-state index in [-0.39, 0.29) is 11.7 Å². The fourth-order valence-corrected chi connectivity index (χ4v) is 2.37. The van der Waals surface area contributed by atoms with Gasteiger partial charge in [0.05, 0.1) is 7.11 Å². The molecule has 0 heterocycles. The molecular weight excluding hydrogens is 304 g/mol. The van der Waals surface area contributed by atoms with E-state index in [1.807, 2.05) is 31.2 Å². The van der Waals surface area contributed by atoms with Gasteiger partial charge in [0.2, 0.25) is 5.39 Å². The highest BCUT2D eigenvalue weighted by Gasteiger charge is 2.33. The molecule has 0 saturated carbocycles. The molecule has 1 aromatic carbocycles. The van der Waals surface area contributed by atoms with Gasteiger partial charge in [0.15, 0.2) is 10.7 Å². The summed E-state index contributed by atoms with van der Waals surface area (Å²) in [4.78, 5) is 14.4. The number of carbonyl (C=O) groups is 1. The van der Waals surface area contributed by atoms with Crippen LogP contribution in [0, 0.1) is 11.3 Å². The molecule has 0 bridgehead atoms. The van der Waals surface area contributed by atoms with E-state index in [0.29, 0.717) is 24.3 Å². The number of aryl methyl sites for hydroxylation is 1. The monoisotopic (exact) mass is 323 g/mol. The zero-order valence-electron chi connectivity index (χ0n) is 12.8. The first-order valence-electron chi connectivity index (χ1n) is 7.14.